The van der Waals surface area contributed by atoms with Crippen molar-refractivity contribution in [3.8, 4) is 0 Å². The molecule has 0 bridgehead atoms. The Balaban J connectivity index is 2.41. The maximum atomic E-state index is 13.4. The first-order chi connectivity index (χ1) is 8.52. The van der Waals surface area contributed by atoms with Gasteiger partial charge in [0.1, 0.15) is 5.82 Å². The quantitative estimate of drug-likeness (QED) is 0.683. The number of benzene rings is 1. The molecular formula is C12H16ClFN2O2. The van der Waals surface area contributed by atoms with Gasteiger partial charge in [-0.1, -0.05) is 17.7 Å². The van der Waals surface area contributed by atoms with Crippen LogP contribution in [-0.2, 0) is 0 Å². The number of hydrogen-bond acceptors (Lipinski definition) is 3. The number of hydrogen-bond donors (Lipinski definition) is 3. The van der Waals surface area contributed by atoms with Crippen molar-refractivity contribution >= 4 is 17.5 Å². The molecular weight excluding hydrogens is 259 g/mol. The van der Waals surface area contributed by atoms with Crippen LogP contribution in [0.5, 0.6) is 0 Å². The first-order valence-electron chi connectivity index (χ1n) is 5.63. The lowest BCUT2D eigenvalue weighted by molar-refractivity contribution is 0.0950. The van der Waals surface area contributed by atoms with Crippen molar-refractivity contribution in [2.75, 3.05) is 19.6 Å². The zero-order chi connectivity index (χ0) is 13.5. The summed E-state index contributed by atoms with van der Waals surface area (Å²) in [5.74, 6) is -1.19. The Morgan fingerprint density at radius 1 is 1.50 bits per heavy atom. The van der Waals surface area contributed by atoms with Crippen LogP contribution in [0.15, 0.2) is 18.2 Å². The van der Waals surface area contributed by atoms with Gasteiger partial charge in [-0.05, 0) is 19.1 Å². The first kappa shape index (κ1) is 14.9. The third-order valence-corrected chi connectivity index (χ3v) is 2.53. The molecule has 1 rings (SSSR count). The molecule has 3 N–H and O–H groups in total. The van der Waals surface area contributed by atoms with Crippen LogP contribution in [-0.4, -0.2) is 36.8 Å². The van der Waals surface area contributed by atoms with Gasteiger partial charge in [0, 0.05) is 19.6 Å². The van der Waals surface area contributed by atoms with Crippen molar-refractivity contribution in [3.05, 3.63) is 34.6 Å². The summed E-state index contributed by atoms with van der Waals surface area (Å²) in [4.78, 5) is 11.7. The minimum Gasteiger partial charge on any atom is -0.392 e. The summed E-state index contributed by atoms with van der Waals surface area (Å²) in [7, 11) is 0. The smallest absolute Gasteiger partial charge is 0.255 e. The van der Waals surface area contributed by atoms with Crippen LogP contribution in [0.2, 0.25) is 5.02 Å². The van der Waals surface area contributed by atoms with Gasteiger partial charge in [0.05, 0.1) is 16.7 Å². The van der Waals surface area contributed by atoms with Crippen LogP contribution in [0.1, 0.15) is 17.3 Å². The molecule has 0 fully saturated rings. The minimum atomic E-state index is -0.642. The van der Waals surface area contributed by atoms with E-state index in [4.69, 9.17) is 16.7 Å². The van der Waals surface area contributed by atoms with Gasteiger partial charge in [-0.3, -0.25) is 4.79 Å². The number of carbonyl (C=O) groups is 1. The normalized spacial score (nSPS) is 12.2. The van der Waals surface area contributed by atoms with Crippen LogP contribution < -0.4 is 10.6 Å². The Morgan fingerprint density at radius 3 is 2.83 bits per heavy atom. The van der Waals surface area contributed by atoms with Gasteiger partial charge < -0.3 is 15.7 Å². The predicted molar refractivity (Wildman–Crippen MR) is 68.3 cm³/mol. The highest BCUT2D eigenvalue weighted by atomic mass is 35.5. The Bertz CT molecular complexity index is 393. The molecule has 0 heterocycles. The number of aliphatic hydroxyl groups is 1. The molecule has 1 unspecified atom stereocenters. The Labute approximate surface area is 110 Å². The lowest BCUT2D eigenvalue weighted by atomic mass is 10.2. The number of rotatable bonds is 6. The molecule has 1 amide bonds. The second-order valence-electron chi connectivity index (χ2n) is 3.91. The van der Waals surface area contributed by atoms with Gasteiger partial charge in [0.2, 0.25) is 0 Å². The highest BCUT2D eigenvalue weighted by Crippen LogP contribution is 2.18. The molecule has 0 aliphatic carbocycles. The molecule has 18 heavy (non-hydrogen) atoms. The number of amides is 1. The molecule has 100 valence electrons. The lowest BCUT2D eigenvalue weighted by Crippen LogP contribution is -2.34. The molecule has 4 nitrogen and oxygen atoms in total. The topological polar surface area (TPSA) is 61.4 Å². The maximum absolute atomic E-state index is 13.4. The molecule has 0 aromatic heterocycles. The summed E-state index contributed by atoms with van der Waals surface area (Å²) in [6.45, 7) is 2.92. The van der Waals surface area contributed by atoms with Crippen molar-refractivity contribution in [3.63, 3.8) is 0 Å². The molecule has 0 aliphatic heterocycles. The summed E-state index contributed by atoms with van der Waals surface area (Å²) < 4.78 is 13.4. The molecule has 0 aliphatic rings. The molecule has 1 atom stereocenters. The number of carbonyl (C=O) groups excluding carboxylic acids is 1. The van der Waals surface area contributed by atoms with Gasteiger partial charge in [0.15, 0.2) is 0 Å². The van der Waals surface area contributed by atoms with Crippen molar-refractivity contribution in [2.24, 2.45) is 0 Å². The van der Waals surface area contributed by atoms with Crippen LogP contribution >= 0.6 is 11.6 Å². The zero-order valence-corrected chi connectivity index (χ0v) is 10.8. The second kappa shape index (κ2) is 7.31. The summed E-state index contributed by atoms with van der Waals surface area (Å²) >= 11 is 5.76. The van der Waals surface area contributed by atoms with E-state index in [9.17, 15) is 9.18 Å². The SMILES string of the molecule is CC(O)CNCCNC(=O)c1c(F)cccc1Cl. The Kier molecular flexibility index (Phi) is 6.04. The largest absolute Gasteiger partial charge is 0.392 e. The monoisotopic (exact) mass is 274 g/mol. The van der Waals surface area contributed by atoms with Gasteiger partial charge in [-0.15, -0.1) is 0 Å². The molecule has 0 radical (unpaired) electrons. The standard InChI is InChI=1S/C12H16ClFN2O2/c1-8(17)7-15-5-6-16-12(18)11-9(13)3-2-4-10(11)14/h2-4,8,15,17H,5-7H2,1H3,(H,16,18). The van der Waals surface area contributed by atoms with Gasteiger partial charge >= 0.3 is 0 Å². The Morgan fingerprint density at radius 2 is 2.22 bits per heavy atom. The van der Waals surface area contributed by atoms with E-state index in [0.717, 1.165) is 0 Å². The highest BCUT2D eigenvalue weighted by molar-refractivity contribution is 6.33. The molecule has 1 aromatic carbocycles. The van der Waals surface area contributed by atoms with Gasteiger partial charge in [0.25, 0.3) is 5.91 Å². The van der Waals surface area contributed by atoms with E-state index >= 15 is 0 Å². The van der Waals surface area contributed by atoms with E-state index in [0.29, 0.717) is 19.6 Å². The summed E-state index contributed by atoms with van der Waals surface area (Å²) in [5, 5.41) is 14.6. The van der Waals surface area contributed by atoms with E-state index in [1.807, 2.05) is 0 Å². The van der Waals surface area contributed by atoms with E-state index in [2.05, 4.69) is 10.6 Å². The number of nitrogens with one attached hydrogen (secondary N) is 2. The van der Waals surface area contributed by atoms with E-state index < -0.39 is 17.8 Å². The molecule has 6 heteroatoms. The second-order valence-corrected chi connectivity index (χ2v) is 4.31. The molecule has 0 saturated carbocycles. The first-order valence-corrected chi connectivity index (χ1v) is 6.01. The Hall–Kier alpha value is -1.17. The van der Waals surface area contributed by atoms with Crippen LogP contribution in [0.4, 0.5) is 4.39 Å². The predicted octanol–water partition coefficient (Wildman–Crippen LogP) is 1.18. The van der Waals surface area contributed by atoms with Gasteiger partial charge in [-0.25, -0.2) is 4.39 Å². The third kappa shape index (κ3) is 4.60. The molecule has 0 spiro atoms. The van der Waals surface area contributed by atoms with Crippen molar-refractivity contribution in [1.29, 1.82) is 0 Å². The summed E-state index contributed by atoms with van der Waals surface area (Å²) in [6.07, 6.45) is -0.443. The van der Waals surface area contributed by atoms with Crippen LogP contribution in [0, 0.1) is 5.82 Å². The van der Waals surface area contributed by atoms with Crippen molar-refractivity contribution in [1.82, 2.24) is 10.6 Å². The number of aliphatic hydroxyl groups excluding tert-OH is 1. The maximum Gasteiger partial charge on any atom is 0.255 e. The lowest BCUT2D eigenvalue weighted by Gasteiger charge is -2.09. The van der Waals surface area contributed by atoms with E-state index in [1.165, 1.54) is 18.2 Å². The fraction of sp³-hybridized carbons (Fsp3) is 0.417. The van der Waals surface area contributed by atoms with Crippen molar-refractivity contribution < 1.29 is 14.3 Å². The van der Waals surface area contributed by atoms with Crippen LogP contribution in [0.3, 0.4) is 0 Å². The average molecular weight is 275 g/mol. The fourth-order valence-electron chi connectivity index (χ4n) is 1.38. The fourth-order valence-corrected chi connectivity index (χ4v) is 1.63. The summed E-state index contributed by atoms with van der Waals surface area (Å²) in [6, 6.07) is 4.09. The third-order valence-electron chi connectivity index (χ3n) is 2.22. The average Bonchev–Trinajstić information content (AvgIpc) is 2.27. The van der Waals surface area contributed by atoms with Crippen molar-refractivity contribution in [2.45, 2.75) is 13.0 Å². The minimum absolute atomic E-state index is 0.0874. The van der Waals surface area contributed by atoms with Crippen LogP contribution in [0.25, 0.3) is 0 Å². The van der Waals surface area contributed by atoms with Gasteiger partial charge in [-0.2, -0.15) is 0 Å². The van der Waals surface area contributed by atoms with E-state index in [-0.39, 0.29) is 10.6 Å². The zero-order valence-electron chi connectivity index (χ0n) is 10.0. The van der Waals surface area contributed by atoms with E-state index in [1.54, 1.807) is 6.92 Å². The number of halogens is 2. The molecule has 1 aromatic rings. The highest BCUT2D eigenvalue weighted by Gasteiger charge is 2.14. The summed E-state index contributed by atoms with van der Waals surface area (Å²) in [5.41, 5.74) is -0.144. The molecule has 0 saturated heterocycles.